The summed E-state index contributed by atoms with van der Waals surface area (Å²) in [4.78, 5) is 42.0. The van der Waals surface area contributed by atoms with Crippen molar-refractivity contribution in [2.75, 3.05) is 19.4 Å². The molecule has 2 aromatic rings. The summed E-state index contributed by atoms with van der Waals surface area (Å²) in [5.74, 6) is 0.218. The maximum absolute atomic E-state index is 13.4. The van der Waals surface area contributed by atoms with E-state index in [4.69, 9.17) is 0 Å². The standard InChI is InChI=1S/C26H31N3O3/c1-28(2)24(30)16-18-12-14-21(15-13-18)27-25(31)23-17-20-10-6-7-11-22(20)29(23)26(32)19-8-4-3-5-9-19/h3-5,8-9,12-15,20,22-23H,6-7,10-11,16-17H2,1-2H3,(H,27,31). The summed E-state index contributed by atoms with van der Waals surface area (Å²) in [5, 5.41) is 3.01. The summed E-state index contributed by atoms with van der Waals surface area (Å²) >= 11 is 0. The number of anilines is 1. The van der Waals surface area contributed by atoms with Crippen LogP contribution in [0.15, 0.2) is 54.6 Å². The number of hydrogen-bond donors (Lipinski definition) is 1. The first-order valence-corrected chi connectivity index (χ1v) is 11.4. The van der Waals surface area contributed by atoms with Gasteiger partial charge < -0.3 is 15.1 Å². The van der Waals surface area contributed by atoms with Gasteiger partial charge in [0.2, 0.25) is 11.8 Å². The number of amides is 3. The third kappa shape index (κ3) is 4.69. The molecule has 1 saturated carbocycles. The van der Waals surface area contributed by atoms with E-state index in [0.717, 1.165) is 31.2 Å². The van der Waals surface area contributed by atoms with Crippen molar-refractivity contribution < 1.29 is 14.4 Å². The van der Waals surface area contributed by atoms with Crippen molar-refractivity contribution in [3.05, 3.63) is 65.7 Å². The van der Waals surface area contributed by atoms with Crippen LogP contribution in [0.3, 0.4) is 0 Å². The Labute approximate surface area is 189 Å². The van der Waals surface area contributed by atoms with Gasteiger partial charge in [-0.2, -0.15) is 0 Å². The van der Waals surface area contributed by atoms with Gasteiger partial charge in [0.05, 0.1) is 6.42 Å². The zero-order chi connectivity index (χ0) is 22.7. The lowest BCUT2D eigenvalue weighted by atomic mass is 9.84. The number of likely N-dealkylation sites (tertiary alicyclic amines) is 1. The fraction of sp³-hybridized carbons (Fsp3) is 0.423. The molecule has 1 aliphatic heterocycles. The molecule has 0 aromatic heterocycles. The second-order valence-corrected chi connectivity index (χ2v) is 9.09. The first-order chi connectivity index (χ1) is 15.4. The summed E-state index contributed by atoms with van der Waals surface area (Å²) in [5.41, 5.74) is 2.21. The minimum atomic E-state index is -0.467. The van der Waals surface area contributed by atoms with Crippen molar-refractivity contribution in [1.29, 1.82) is 0 Å². The molecule has 2 fully saturated rings. The molecule has 3 atom stereocenters. The lowest BCUT2D eigenvalue weighted by Crippen LogP contribution is -2.47. The number of carbonyl (C=O) groups excluding carboxylic acids is 3. The number of fused-ring (bicyclic) bond motifs is 1. The molecular formula is C26H31N3O3. The molecule has 3 amide bonds. The van der Waals surface area contributed by atoms with Crippen LogP contribution < -0.4 is 5.32 Å². The first-order valence-electron chi connectivity index (χ1n) is 11.4. The van der Waals surface area contributed by atoms with Crippen LogP contribution in [0.25, 0.3) is 0 Å². The Bertz CT molecular complexity index is 972. The Morgan fingerprint density at radius 1 is 0.969 bits per heavy atom. The Hall–Kier alpha value is -3.15. The summed E-state index contributed by atoms with van der Waals surface area (Å²) in [6.45, 7) is 0. The predicted molar refractivity (Wildman–Crippen MR) is 124 cm³/mol. The highest BCUT2D eigenvalue weighted by Crippen LogP contribution is 2.40. The first kappa shape index (κ1) is 22.1. The van der Waals surface area contributed by atoms with E-state index < -0.39 is 6.04 Å². The third-order valence-corrected chi connectivity index (χ3v) is 6.72. The van der Waals surface area contributed by atoms with Crippen LogP contribution in [0.2, 0.25) is 0 Å². The van der Waals surface area contributed by atoms with Gasteiger partial charge in [-0.25, -0.2) is 0 Å². The lowest BCUT2D eigenvalue weighted by Gasteiger charge is -2.33. The van der Waals surface area contributed by atoms with Gasteiger partial charge >= 0.3 is 0 Å². The van der Waals surface area contributed by atoms with Gasteiger partial charge in [0.1, 0.15) is 6.04 Å². The molecular weight excluding hydrogens is 402 g/mol. The normalized spacial score (nSPS) is 22.2. The van der Waals surface area contributed by atoms with E-state index in [1.807, 2.05) is 59.5 Å². The fourth-order valence-corrected chi connectivity index (χ4v) is 4.98. The Kier molecular flexibility index (Phi) is 6.58. The highest BCUT2D eigenvalue weighted by atomic mass is 16.2. The molecule has 0 spiro atoms. The number of benzene rings is 2. The number of nitrogens with zero attached hydrogens (tertiary/aromatic N) is 2. The van der Waals surface area contributed by atoms with Gasteiger partial charge in [-0.15, -0.1) is 0 Å². The van der Waals surface area contributed by atoms with Gasteiger partial charge in [0.15, 0.2) is 0 Å². The van der Waals surface area contributed by atoms with Crippen LogP contribution >= 0.6 is 0 Å². The quantitative estimate of drug-likeness (QED) is 0.781. The highest BCUT2D eigenvalue weighted by molar-refractivity contribution is 6.01. The van der Waals surface area contributed by atoms with Crippen LogP contribution in [0.5, 0.6) is 0 Å². The molecule has 1 heterocycles. The van der Waals surface area contributed by atoms with Crippen LogP contribution in [-0.4, -0.2) is 53.7 Å². The molecule has 6 heteroatoms. The van der Waals surface area contributed by atoms with E-state index in [0.29, 0.717) is 30.0 Å². The average molecular weight is 434 g/mol. The van der Waals surface area contributed by atoms with Gasteiger partial charge in [-0.3, -0.25) is 14.4 Å². The molecule has 1 saturated heterocycles. The zero-order valence-electron chi connectivity index (χ0n) is 18.8. The molecule has 1 aliphatic carbocycles. The second kappa shape index (κ2) is 9.55. The molecule has 32 heavy (non-hydrogen) atoms. The third-order valence-electron chi connectivity index (χ3n) is 6.72. The van der Waals surface area contributed by atoms with Crippen LogP contribution in [0.4, 0.5) is 5.69 Å². The molecule has 0 bridgehead atoms. The van der Waals surface area contributed by atoms with Crippen molar-refractivity contribution in [3.63, 3.8) is 0 Å². The van der Waals surface area contributed by atoms with Crippen molar-refractivity contribution in [2.24, 2.45) is 5.92 Å². The van der Waals surface area contributed by atoms with Crippen LogP contribution in [0, 0.1) is 5.92 Å². The Morgan fingerprint density at radius 3 is 2.34 bits per heavy atom. The minimum Gasteiger partial charge on any atom is -0.349 e. The summed E-state index contributed by atoms with van der Waals surface area (Å²) in [7, 11) is 3.47. The van der Waals surface area contributed by atoms with E-state index in [1.54, 1.807) is 19.0 Å². The van der Waals surface area contributed by atoms with E-state index in [1.165, 1.54) is 0 Å². The minimum absolute atomic E-state index is 0.0328. The molecule has 2 aromatic carbocycles. The Balaban J connectivity index is 1.49. The van der Waals surface area contributed by atoms with Gasteiger partial charge in [-0.05, 0) is 55.0 Å². The van der Waals surface area contributed by atoms with Crippen LogP contribution in [-0.2, 0) is 16.0 Å². The van der Waals surface area contributed by atoms with E-state index in [2.05, 4.69) is 5.32 Å². The van der Waals surface area contributed by atoms with Crippen LogP contribution in [0.1, 0.15) is 48.0 Å². The smallest absolute Gasteiger partial charge is 0.254 e. The molecule has 1 N–H and O–H groups in total. The number of hydrogen-bond acceptors (Lipinski definition) is 3. The summed E-state index contributed by atoms with van der Waals surface area (Å²) in [6, 6.07) is 16.3. The van der Waals surface area contributed by atoms with E-state index in [-0.39, 0.29) is 23.8 Å². The largest absolute Gasteiger partial charge is 0.349 e. The molecule has 2 aliphatic rings. The van der Waals surface area contributed by atoms with Gasteiger partial charge in [0, 0.05) is 31.4 Å². The monoisotopic (exact) mass is 433 g/mol. The van der Waals surface area contributed by atoms with Crippen molar-refractivity contribution in [1.82, 2.24) is 9.80 Å². The molecule has 0 radical (unpaired) electrons. The SMILES string of the molecule is CN(C)C(=O)Cc1ccc(NC(=O)C2CC3CCCCC3N2C(=O)c2ccccc2)cc1. The molecule has 168 valence electrons. The van der Waals surface area contributed by atoms with E-state index in [9.17, 15) is 14.4 Å². The topological polar surface area (TPSA) is 69.7 Å². The molecule has 3 unspecified atom stereocenters. The van der Waals surface area contributed by atoms with Crippen molar-refractivity contribution >= 4 is 23.4 Å². The number of carbonyl (C=O) groups is 3. The molecule has 6 nitrogen and oxygen atoms in total. The number of rotatable bonds is 5. The zero-order valence-corrected chi connectivity index (χ0v) is 18.8. The highest BCUT2D eigenvalue weighted by Gasteiger charge is 2.47. The fourth-order valence-electron chi connectivity index (χ4n) is 4.98. The maximum Gasteiger partial charge on any atom is 0.254 e. The van der Waals surface area contributed by atoms with Crippen molar-refractivity contribution in [2.45, 2.75) is 50.6 Å². The Morgan fingerprint density at radius 2 is 1.66 bits per heavy atom. The summed E-state index contributed by atoms with van der Waals surface area (Å²) in [6.07, 6.45) is 5.33. The number of nitrogens with one attached hydrogen (secondary N) is 1. The maximum atomic E-state index is 13.4. The predicted octanol–water partition coefficient (Wildman–Crippen LogP) is 3.73. The summed E-state index contributed by atoms with van der Waals surface area (Å²) < 4.78 is 0. The van der Waals surface area contributed by atoms with Gasteiger partial charge in [-0.1, -0.05) is 43.2 Å². The average Bonchev–Trinajstić information content (AvgIpc) is 3.20. The number of likely N-dealkylation sites (N-methyl/N-ethyl adjacent to an activating group) is 1. The van der Waals surface area contributed by atoms with Gasteiger partial charge in [0.25, 0.3) is 5.91 Å². The van der Waals surface area contributed by atoms with Crippen molar-refractivity contribution in [3.8, 4) is 0 Å². The molecule has 4 rings (SSSR count). The lowest BCUT2D eigenvalue weighted by molar-refractivity contribution is -0.128. The van der Waals surface area contributed by atoms with E-state index >= 15 is 0 Å². The second-order valence-electron chi connectivity index (χ2n) is 9.09.